The van der Waals surface area contributed by atoms with E-state index in [0.29, 0.717) is 42.1 Å². The van der Waals surface area contributed by atoms with Crippen molar-refractivity contribution < 1.29 is 28.4 Å². The summed E-state index contributed by atoms with van der Waals surface area (Å²) in [5.74, 6) is 1.47. The lowest BCUT2D eigenvalue weighted by Gasteiger charge is -2.64. The summed E-state index contributed by atoms with van der Waals surface area (Å²) in [6, 6.07) is 16.1. The topological polar surface area (TPSA) is 95.1 Å². The molecule has 2 N–H and O–H groups in total. The Morgan fingerprint density at radius 3 is 2.40 bits per heavy atom. The summed E-state index contributed by atoms with van der Waals surface area (Å²) in [7, 11) is -0.541. The van der Waals surface area contributed by atoms with Crippen LogP contribution in [0, 0.1) is 23.2 Å². The summed E-state index contributed by atoms with van der Waals surface area (Å²) >= 11 is 0. The van der Waals surface area contributed by atoms with Crippen LogP contribution >= 0.6 is 0 Å². The van der Waals surface area contributed by atoms with Crippen molar-refractivity contribution in [1.29, 1.82) is 0 Å². The lowest BCUT2D eigenvalue weighted by atomic mass is 9.43. The van der Waals surface area contributed by atoms with Gasteiger partial charge in [-0.15, -0.1) is 0 Å². The van der Waals surface area contributed by atoms with Crippen molar-refractivity contribution in [2.45, 2.75) is 90.1 Å². The Labute approximate surface area is 249 Å². The Bertz CT molecular complexity index is 1300. The molecule has 3 aliphatic carbocycles. The van der Waals surface area contributed by atoms with E-state index in [-0.39, 0.29) is 35.6 Å². The molecule has 9 heteroatoms. The Kier molecular flexibility index (Phi) is 7.77. The number of fused-ring (bicyclic) bond motifs is 1. The second-order valence-electron chi connectivity index (χ2n) is 13.7. The number of ether oxygens (including phenoxy) is 2. The molecule has 0 unspecified atom stereocenters. The zero-order valence-electron chi connectivity index (χ0n) is 25.3. The summed E-state index contributed by atoms with van der Waals surface area (Å²) in [5, 5.41) is 6.19. The molecule has 2 amide bonds. The summed E-state index contributed by atoms with van der Waals surface area (Å²) in [4.78, 5) is 27.4. The van der Waals surface area contributed by atoms with Gasteiger partial charge in [0.15, 0.2) is 11.5 Å². The zero-order chi connectivity index (χ0) is 29.6. The van der Waals surface area contributed by atoms with Crippen LogP contribution in [0.4, 0.5) is 0 Å². The van der Waals surface area contributed by atoms with Crippen LogP contribution in [0.25, 0.3) is 0 Å². The number of rotatable bonds is 9. The first-order chi connectivity index (χ1) is 20.0. The number of nitrogens with one attached hydrogen (secondary N) is 2. The van der Waals surface area contributed by atoms with E-state index < -0.39 is 25.2 Å². The minimum Gasteiger partial charge on any atom is -0.485 e. The molecule has 0 spiro atoms. The molecule has 2 bridgehead atoms. The molecule has 0 radical (unpaired) electrons. The Morgan fingerprint density at radius 2 is 1.69 bits per heavy atom. The van der Waals surface area contributed by atoms with Crippen LogP contribution in [0.15, 0.2) is 54.6 Å². The van der Waals surface area contributed by atoms with Gasteiger partial charge in [0, 0.05) is 6.42 Å². The highest BCUT2D eigenvalue weighted by atomic mass is 16.7. The Balaban J connectivity index is 1.18. The molecule has 1 saturated heterocycles. The molecular weight excluding hydrogens is 531 g/mol. The average molecular weight is 575 g/mol. The summed E-state index contributed by atoms with van der Waals surface area (Å²) < 4.78 is 25.0. The highest BCUT2D eigenvalue weighted by molar-refractivity contribution is 6.48. The monoisotopic (exact) mass is 574 g/mol. The summed E-state index contributed by atoms with van der Waals surface area (Å²) in [5.41, 5.74) is 0.810. The smallest absolute Gasteiger partial charge is 0.481 e. The van der Waals surface area contributed by atoms with Crippen molar-refractivity contribution in [1.82, 2.24) is 10.6 Å². The maximum absolute atomic E-state index is 14.0. The van der Waals surface area contributed by atoms with Crippen molar-refractivity contribution in [3.8, 4) is 11.5 Å². The molecular formula is C33H43BN2O6. The van der Waals surface area contributed by atoms with Crippen LogP contribution in [-0.4, -0.2) is 55.3 Å². The minimum absolute atomic E-state index is 0.0250. The van der Waals surface area contributed by atoms with E-state index in [9.17, 15) is 9.59 Å². The van der Waals surface area contributed by atoms with Crippen LogP contribution in [-0.2, 0) is 25.3 Å². The van der Waals surface area contributed by atoms with Gasteiger partial charge in [-0.05, 0) is 67.1 Å². The highest BCUT2D eigenvalue weighted by Crippen LogP contribution is 2.65. The molecule has 2 heterocycles. The van der Waals surface area contributed by atoms with E-state index in [2.05, 4.69) is 45.3 Å². The van der Waals surface area contributed by atoms with Crippen LogP contribution < -0.4 is 20.1 Å². The number of para-hydroxylation sites is 2. The second kappa shape index (κ2) is 11.2. The summed E-state index contributed by atoms with van der Waals surface area (Å²) in [6.45, 7) is 11.2. The lowest BCUT2D eigenvalue weighted by molar-refractivity contribution is -0.199. The maximum Gasteiger partial charge on any atom is 0.481 e. The fraction of sp³-hybridized carbons (Fsp3) is 0.576. The molecule has 3 saturated carbocycles. The predicted molar refractivity (Wildman–Crippen MR) is 160 cm³/mol. The first-order valence-electron chi connectivity index (χ1n) is 15.4. The molecule has 8 nitrogen and oxygen atoms in total. The first-order valence-corrected chi connectivity index (χ1v) is 15.4. The van der Waals surface area contributed by atoms with Crippen molar-refractivity contribution in [3.63, 3.8) is 0 Å². The molecule has 2 aromatic rings. The molecule has 0 aromatic heterocycles. The fourth-order valence-electron chi connectivity index (χ4n) is 7.57. The number of hydrogen-bond donors (Lipinski definition) is 2. The molecule has 5 aliphatic rings. The van der Waals surface area contributed by atoms with Crippen LogP contribution in [0.3, 0.4) is 0 Å². The van der Waals surface area contributed by atoms with Gasteiger partial charge in [-0.25, -0.2) is 0 Å². The van der Waals surface area contributed by atoms with Crippen LogP contribution in [0.5, 0.6) is 11.5 Å². The van der Waals surface area contributed by atoms with Crippen LogP contribution in [0.1, 0.15) is 59.4 Å². The Hall–Kier alpha value is -3.04. The zero-order valence-corrected chi connectivity index (χ0v) is 25.3. The molecule has 7 rings (SSSR count). The van der Waals surface area contributed by atoms with Gasteiger partial charge in [0.05, 0.1) is 17.6 Å². The molecule has 224 valence electrons. The Morgan fingerprint density at radius 1 is 0.976 bits per heavy atom. The van der Waals surface area contributed by atoms with Crippen molar-refractivity contribution >= 4 is 18.9 Å². The van der Waals surface area contributed by atoms with Gasteiger partial charge >= 0.3 is 7.12 Å². The van der Waals surface area contributed by atoms with Gasteiger partial charge in [-0.2, -0.15) is 0 Å². The lowest BCUT2D eigenvalue weighted by Crippen LogP contribution is -2.65. The van der Waals surface area contributed by atoms with E-state index in [1.807, 2.05) is 42.5 Å². The average Bonchev–Trinajstić information content (AvgIpc) is 3.33. The van der Waals surface area contributed by atoms with Gasteiger partial charge in [-0.3, -0.25) is 9.59 Å². The number of carbonyl (C=O) groups excluding carboxylic acids is 2. The largest absolute Gasteiger partial charge is 0.485 e. The molecule has 42 heavy (non-hydrogen) atoms. The van der Waals surface area contributed by atoms with Gasteiger partial charge in [-0.1, -0.05) is 70.2 Å². The number of carbonyl (C=O) groups is 2. The normalized spacial score (nSPS) is 30.1. The van der Waals surface area contributed by atoms with Crippen molar-refractivity contribution in [3.05, 3.63) is 60.2 Å². The molecule has 2 aliphatic heterocycles. The van der Waals surface area contributed by atoms with Crippen molar-refractivity contribution in [2.24, 2.45) is 23.2 Å². The summed E-state index contributed by atoms with van der Waals surface area (Å²) in [6.07, 6.45) is 2.34. The third-order valence-electron chi connectivity index (χ3n) is 10.1. The third kappa shape index (κ3) is 5.42. The first kappa shape index (κ1) is 29.1. The highest BCUT2D eigenvalue weighted by Gasteiger charge is 2.68. The molecule has 4 fully saturated rings. The third-order valence-corrected chi connectivity index (χ3v) is 10.1. The SMILES string of the molecule is CC(C)C[C@H](NC(=O)[C@H](Cc1ccccc1)NC(=O)[C@@H]1COc2ccccc2O1)B1O[C@@H]2C[C@@H]3C[C@@H](C3(C)C)[C@]2(C)O1. The van der Waals surface area contributed by atoms with Gasteiger partial charge < -0.3 is 29.4 Å². The van der Waals surface area contributed by atoms with E-state index >= 15 is 0 Å². The minimum atomic E-state index is -0.864. The van der Waals surface area contributed by atoms with Crippen molar-refractivity contribution in [2.75, 3.05) is 6.61 Å². The van der Waals surface area contributed by atoms with E-state index in [4.69, 9.17) is 18.8 Å². The number of hydrogen-bond acceptors (Lipinski definition) is 6. The van der Waals surface area contributed by atoms with E-state index in [1.165, 1.54) is 6.42 Å². The maximum atomic E-state index is 14.0. The standard InChI is InChI=1S/C33H43BN2O6/c1-20(2)15-29(34-41-28-18-22-17-27(32(22,3)4)33(28,5)42-34)36-30(37)23(16-21-11-7-6-8-12-21)35-31(38)26-19-39-24-13-9-10-14-25(24)40-26/h6-14,20,22-23,26-29H,15-19H2,1-5H3,(H,35,38)(H,36,37)/t22-,23-,26-,27-,28+,29-,33-/m0/s1. The molecule has 2 aromatic carbocycles. The van der Waals surface area contributed by atoms with E-state index in [1.54, 1.807) is 12.1 Å². The number of amides is 2. The quantitative estimate of drug-likeness (QED) is 0.433. The van der Waals surface area contributed by atoms with Gasteiger partial charge in [0.1, 0.15) is 12.6 Å². The predicted octanol–water partition coefficient (Wildman–Crippen LogP) is 4.35. The van der Waals surface area contributed by atoms with Crippen LogP contribution in [0.2, 0.25) is 0 Å². The number of benzene rings is 2. The molecule has 7 atom stereocenters. The van der Waals surface area contributed by atoms with Gasteiger partial charge in [0.25, 0.3) is 5.91 Å². The second-order valence-corrected chi connectivity index (χ2v) is 13.7. The van der Waals surface area contributed by atoms with Gasteiger partial charge in [0.2, 0.25) is 12.0 Å². The van der Waals surface area contributed by atoms with E-state index in [0.717, 1.165) is 12.0 Å². The fourth-order valence-corrected chi connectivity index (χ4v) is 7.57.